The maximum absolute atomic E-state index is 5.55. The number of methoxy groups -OCH3 is 1. The van der Waals surface area contributed by atoms with Gasteiger partial charge < -0.3 is 4.74 Å². The van der Waals surface area contributed by atoms with Crippen molar-refractivity contribution in [3.63, 3.8) is 0 Å². The van der Waals surface area contributed by atoms with E-state index in [4.69, 9.17) is 4.74 Å². The Balaban J connectivity index is 2.92. The molecule has 0 saturated carbocycles. The van der Waals surface area contributed by atoms with Gasteiger partial charge in [-0.05, 0) is 25.7 Å². The standard InChI is InChI=1S/C12H21NOS/c1-6-9(3)10-8-15-11(13-10)12(4,7-2)14-5/h8-9H,6-7H2,1-5H3. The van der Waals surface area contributed by atoms with Crippen LogP contribution in [0.3, 0.4) is 0 Å². The van der Waals surface area contributed by atoms with Gasteiger partial charge >= 0.3 is 0 Å². The number of hydrogen-bond donors (Lipinski definition) is 0. The summed E-state index contributed by atoms with van der Waals surface area (Å²) in [5.41, 5.74) is 0.991. The molecule has 0 aromatic carbocycles. The summed E-state index contributed by atoms with van der Waals surface area (Å²) in [4.78, 5) is 4.69. The molecule has 0 radical (unpaired) electrons. The van der Waals surface area contributed by atoms with E-state index in [1.54, 1.807) is 18.4 Å². The van der Waals surface area contributed by atoms with Gasteiger partial charge in [-0.2, -0.15) is 0 Å². The van der Waals surface area contributed by atoms with Crippen LogP contribution in [0.2, 0.25) is 0 Å². The van der Waals surface area contributed by atoms with Gasteiger partial charge in [-0.3, -0.25) is 0 Å². The number of nitrogens with zero attached hydrogens (tertiary/aromatic N) is 1. The molecule has 1 aromatic heterocycles. The van der Waals surface area contributed by atoms with Gasteiger partial charge in [-0.25, -0.2) is 4.98 Å². The topological polar surface area (TPSA) is 22.1 Å². The van der Waals surface area contributed by atoms with Crippen molar-refractivity contribution in [2.45, 2.75) is 52.1 Å². The van der Waals surface area contributed by atoms with Crippen LogP contribution in [-0.4, -0.2) is 12.1 Å². The molecule has 1 heterocycles. The molecule has 0 N–H and O–H groups in total. The van der Waals surface area contributed by atoms with E-state index < -0.39 is 0 Å². The number of aromatic nitrogens is 1. The largest absolute Gasteiger partial charge is 0.371 e. The summed E-state index contributed by atoms with van der Waals surface area (Å²) >= 11 is 1.71. The highest BCUT2D eigenvalue weighted by Gasteiger charge is 2.27. The molecule has 86 valence electrons. The molecule has 2 atom stereocenters. The third kappa shape index (κ3) is 2.58. The van der Waals surface area contributed by atoms with Gasteiger partial charge in [0.2, 0.25) is 0 Å². The third-order valence-corrected chi connectivity index (χ3v) is 4.32. The van der Waals surface area contributed by atoms with Crippen LogP contribution in [0.4, 0.5) is 0 Å². The molecule has 0 bridgehead atoms. The predicted octanol–water partition coefficient (Wildman–Crippen LogP) is 3.93. The Labute approximate surface area is 96.7 Å². The lowest BCUT2D eigenvalue weighted by Gasteiger charge is -2.23. The molecular weight excluding hydrogens is 206 g/mol. The van der Waals surface area contributed by atoms with Crippen molar-refractivity contribution in [3.05, 3.63) is 16.1 Å². The van der Waals surface area contributed by atoms with E-state index in [2.05, 4.69) is 38.1 Å². The Bertz CT molecular complexity index is 304. The van der Waals surface area contributed by atoms with Gasteiger partial charge in [0.05, 0.1) is 5.69 Å². The first-order valence-electron chi connectivity index (χ1n) is 5.58. The smallest absolute Gasteiger partial charge is 0.125 e. The fourth-order valence-corrected chi connectivity index (χ4v) is 2.50. The molecule has 1 rings (SSSR count). The second-order valence-corrected chi connectivity index (χ2v) is 5.03. The zero-order chi connectivity index (χ0) is 11.5. The summed E-state index contributed by atoms with van der Waals surface area (Å²) < 4.78 is 5.55. The maximum atomic E-state index is 5.55. The lowest BCUT2D eigenvalue weighted by Crippen LogP contribution is -2.23. The molecule has 0 aliphatic rings. The number of thiazole rings is 1. The van der Waals surface area contributed by atoms with Crippen LogP contribution in [0.5, 0.6) is 0 Å². The molecule has 0 saturated heterocycles. The Morgan fingerprint density at radius 3 is 2.67 bits per heavy atom. The zero-order valence-corrected chi connectivity index (χ0v) is 11.1. The maximum Gasteiger partial charge on any atom is 0.125 e. The summed E-state index contributed by atoms with van der Waals surface area (Å²) in [5.74, 6) is 0.549. The summed E-state index contributed by atoms with van der Waals surface area (Å²) in [5, 5.41) is 3.26. The molecule has 3 heteroatoms. The Morgan fingerprint density at radius 1 is 1.53 bits per heavy atom. The minimum absolute atomic E-state index is 0.212. The van der Waals surface area contributed by atoms with Crippen LogP contribution in [0.25, 0.3) is 0 Å². The number of rotatable bonds is 5. The molecule has 0 aliphatic carbocycles. The normalized spacial score (nSPS) is 17.4. The van der Waals surface area contributed by atoms with Gasteiger partial charge in [-0.1, -0.05) is 20.8 Å². The van der Waals surface area contributed by atoms with E-state index >= 15 is 0 Å². The summed E-state index contributed by atoms with van der Waals surface area (Å²) in [6.45, 7) is 8.65. The van der Waals surface area contributed by atoms with E-state index in [-0.39, 0.29) is 5.60 Å². The average molecular weight is 227 g/mol. The first-order valence-corrected chi connectivity index (χ1v) is 6.46. The molecular formula is C12H21NOS. The molecule has 1 aromatic rings. The first-order chi connectivity index (χ1) is 7.07. The van der Waals surface area contributed by atoms with Gasteiger partial charge in [0, 0.05) is 12.5 Å². The van der Waals surface area contributed by atoms with Crippen molar-refractivity contribution in [3.8, 4) is 0 Å². The summed E-state index contributed by atoms with van der Waals surface area (Å²) in [6.07, 6.45) is 2.09. The van der Waals surface area contributed by atoms with Crippen LogP contribution in [0, 0.1) is 0 Å². The van der Waals surface area contributed by atoms with E-state index in [1.165, 1.54) is 5.69 Å². The van der Waals surface area contributed by atoms with Crippen LogP contribution in [0.15, 0.2) is 5.38 Å². The van der Waals surface area contributed by atoms with Gasteiger partial charge in [0.1, 0.15) is 10.6 Å². The average Bonchev–Trinajstić information content (AvgIpc) is 2.76. The molecule has 0 aliphatic heterocycles. The minimum Gasteiger partial charge on any atom is -0.371 e. The fourth-order valence-electron chi connectivity index (χ4n) is 1.35. The lowest BCUT2D eigenvalue weighted by molar-refractivity contribution is -0.00169. The number of ether oxygens (including phenoxy) is 1. The van der Waals surface area contributed by atoms with E-state index in [0.29, 0.717) is 5.92 Å². The Hall–Kier alpha value is -0.410. The summed E-state index contributed by atoms with van der Waals surface area (Å²) in [6, 6.07) is 0. The molecule has 0 spiro atoms. The number of hydrogen-bond acceptors (Lipinski definition) is 3. The lowest BCUT2D eigenvalue weighted by atomic mass is 10.0. The highest BCUT2D eigenvalue weighted by molar-refractivity contribution is 7.09. The van der Waals surface area contributed by atoms with Gasteiger partial charge in [-0.15, -0.1) is 11.3 Å². The van der Waals surface area contributed by atoms with Crippen LogP contribution in [0.1, 0.15) is 57.2 Å². The molecule has 2 unspecified atom stereocenters. The van der Waals surface area contributed by atoms with Crippen molar-refractivity contribution < 1.29 is 4.74 Å². The monoisotopic (exact) mass is 227 g/mol. The molecule has 0 amide bonds. The first kappa shape index (κ1) is 12.7. The second-order valence-electron chi connectivity index (χ2n) is 4.18. The molecule has 2 nitrogen and oxygen atoms in total. The van der Waals surface area contributed by atoms with Crippen LogP contribution >= 0.6 is 11.3 Å². The third-order valence-electron chi connectivity index (χ3n) is 3.22. The summed E-state index contributed by atoms with van der Waals surface area (Å²) in [7, 11) is 1.76. The Kier molecular flexibility index (Phi) is 4.29. The quantitative estimate of drug-likeness (QED) is 0.760. The predicted molar refractivity (Wildman–Crippen MR) is 65.5 cm³/mol. The highest BCUT2D eigenvalue weighted by Crippen LogP contribution is 2.32. The Morgan fingerprint density at radius 2 is 2.20 bits per heavy atom. The van der Waals surface area contributed by atoms with E-state index in [0.717, 1.165) is 17.8 Å². The molecule has 0 fully saturated rings. The van der Waals surface area contributed by atoms with Gasteiger partial charge in [0.25, 0.3) is 0 Å². The second kappa shape index (κ2) is 5.08. The highest BCUT2D eigenvalue weighted by atomic mass is 32.1. The zero-order valence-electron chi connectivity index (χ0n) is 10.3. The minimum atomic E-state index is -0.212. The van der Waals surface area contributed by atoms with Crippen molar-refractivity contribution in [2.24, 2.45) is 0 Å². The SMILES string of the molecule is CCC(C)c1csc(C(C)(CC)OC)n1. The van der Waals surface area contributed by atoms with Crippen molar-refractivity contribution in [1.82, 2.24) is 4.98 Å². The van der Waals surface area contributed by atoms with Crippen molar-refractivity contribution in [1.29, 1.82) is 0 Å². The van der Waals surface area contributed by atoms with E-state index in [1.807, 2.05) is 0 Å². The van der Waals surface area contributed by atoms with Crippen molar-refractivity contribution >= 4 is 11.3 Å². The van der Waals surface area contributed by atoms with E-state index in [9.17, 15) is 0 Å². The van der Waals surface area contributed by atoms with Crippen molar-refractivity contribution in [2.75, 3.05) is 7.11 Å². The van der Waals surface area contributed by atoms with Crippen LogP contribution in [-0.2, 0) is 10.3 Å². The molecule has 15 heavy (non-hydrogen) atoms. The van der Waals surface area contributed by atoms with Gasteiger partial charge in [0.15, 0.2) is 0 Å². The fraction of sp³-hybridized carbons (Fsp3) is 0.750. The van der Waals surface area contributed by atoms with Crippen LogP contribution < -0.4 is 0 Å².